The highest BCUT2D eigenvalue weighted by molar-refractivity contribution is 5.76. The fourth-order valence-corrected chi connectivity index (χ4v) is 3.21. The van der Waals surface area contributed by atoms with Gasteiger partial charge in [-0.1, -0.05) is 0 Å². The third kappa shape index (κ3) is 2.33. The molecule has 4 rings (SSSR count). The van der Waals surface area contributed by atoms with E-state index in [-0.39, 0.29) is 0 Å². The Labute approximate surface area is 146 Å². The van der Waals surface area contributed by atoms with Crippen molar-refractivity contribution in [3.63, 3.8) is 0 Å². The lowest BCUT2D eigenvalue weighted by atomic mass is 10.4. The predicted octanol–water partition coefficient (Wildman–Crippen LogP) is -0.317. The first kappa shape index (κ1) is 16.2. The molecule has 0 aliphatic carbocycles. The Morgan fingerprint density at radius 3 is 2.85 bits per heavy atom. The van der Waals surface area contributed by atoms with Gasteiger partial charge in [-0.05, 0) is 12.1 Å². The number of fused-ring (bicyclic) bond motifs is 3. The predicted molar refractivity (Wildman–Crippen MR) is 91.0 cm³/mol. The number of carbonyl (C=O) groups excluding carboxylic acids is 1. The Hall–Kier alpha value is -3.30. The molecule has 0 amide bonds. The van der Waals surface area contributed by atoms with E-state index in [4.69, 9.17) is 4.42 Å². The van der Waals surface area contributed by atoms with E-state index in [0.717, 1.165) is 10.3 Å². The molecule has 0 saturated heterocycles. The van der Waals surface area contributed by atoms with Crippen LogP contribution in [0.1, 0.15) is 5.76 Å². The van der Waals surface area contributed by atoms with Crippen molar-refractivity contribution in [3.05, 3.63) is 45.0 Å². The number of aryl methyl sites for hydroxylation is 1. The van der Waals surface area contributed by atoms with Crippen LogP contribution in [-0.2, 0) is 36.2 Å². The van der Waals surface area contributed by atoms with E-state index in [9.17, 15) is 14.4 Å². The number of rotatable bonds is 4. The highest BCUT2D eigenvalue weighted by atomic mass is 16.5. The van der Waals surface area contributed by atoms with Gasteiger partial charge in [0.2, 0.25) is 5.95 Å². The largest absolute Gasteiger partial charge is 0.468 e. The van der Waals surface area contributed by atoms with E-state index >= 15 is 0 Å². The van der Waals surface area contributed by atoms with Crippen molar-refractivity contribution in [2.24, 2.45) is 7.05 Å². The maximum absolute atomic E-state index is 12.8. The molecule has 0 radical (unpaired) electrons. The highest BCUT2D eigenvalue weighted by Gasteiger charge is 2.28. The van der Waals surface area contributed by atoms with Crippen LogP contribution in [0.25, 0.3) is 11.2 Å². The zero-order valence-corrected chi connectivity index (χ0v) is 14.3. The summed E-state index contributed by atoms with van der Waals surface area (Å²) >= 11 is 0. The Bertz CT molecular complexity index is 1100. The lowest BCUT2D eigenvalue weighted by Crippen LogP contribution is -2.41. The number of carbonyl (C=O) groups is 1. The smallest absolute Gasteiger partial charge is 0.333 e. The number of hydrogen-bond donors (Lipinski definition) is 0. The van der Waals surface area contributed by atoms with Gasteiger partial charge >= 0.3 is 11.7 Å². The summed E-state index contributed by atoms with van der Waals surface area (Å²) in [7, 11) is 2.73. The molecule has 1 aliphatic heterocycles. The van der Waals surface area contributed by atoms with Crippen LogP contribution in [0.5, 0.6) is 0 Å². The molecule has 0 atom stereocenters. The van der Waals surface area contributed by atoms with Crippen molar-refractivity contribution >= 4 is 23.1 Å². The van der Waals surface area contributed by atoms with Gasteiger partial charge < -0.3 is 18.6 Å². The van der Waals surface area contributed by atoms with Crippen molar-refractivity contribution in [2.45, 2.75) is 19.6 Å². The van der Waals surface area contributed by atoms with Gasteiger partial charge in [0.05, 0.1) is 19.9 Å². The Kier molecular flexibility index (Phi) is 3.67. The molecule has 26 heavy (non-hydrogen) atoms. The standard InChI is InChI=1S/C16H17N5O5/c1-18-13-12(14(23)21(16(18)24)9-11(22)25-2)20-6-5-19(15(20)17-13)8-10-4-3-7-26-10/h3-4,7H,5-6,8-9H2,1-2H3. The van der Waals surface area contributed by atoms with Gasteiger partial charge in [0.1, 0.15) is 12.3 Å². The molecule has 4 heterocycles. The number of ether oxygens (including phenoxy) is 1. The molecule has 10 heteroatoms. The Morgan fingerprint density at radius 2 is 2.15 bits per heavy atom. The maximum atomic E-state index is 12.8. The number of anilines is 1. The molecule has 0 aromatic carbocycles. The zero-order chi connectivity index (χ0) is 18.4. The number of esters is 1. The van der Waals surface area contributed by atoms with Crippen molar-refractivity contribution in [2.75, 3.05) is 18.6 Å². The molecule has 3 aromatic rings. The normalized spacial score (nSPS) is 13.4. The summed E-state index contributed by atoms with van der Waals surface area (Å²) in [4.78, 5) is 43.3. The molecule has 0 bridgehead atoms. The number of nitrogens with zero attached hydrogens (tertiary/aromatic N) is 5. The minimum atomic E-state index is -0.663. The van der Waals surface area contributed by atoms with Gasteiger partial charge in [0, 0.05) is 20.1 Å². The zero-order valence-electron chi connectivity index (χ0n) is 14.3. The summed E-state index contributed by atoms with van der Waals surface area (Å²) in [5.74, 6) is 0.714. The summed E-state index contributed by atoms with van der Waals surface area (Å²) < 4.78 is 13.9. The van der Waals surface area contributed by atoms with Crippen molar-refractivity contribution < 1.29 is 13.9 Å². The van der Waals surface area contributed by atoms with E-state index in [1.165, 1.54) is 18.7 Å². The number of furan rings is 1. The SMILES string of the molecule is COC(=O)Cn1c(=O)c2c(nc3n2CCN3Cc2ccco2)n(C)c1=O. The van der Waals surface area contributed by atoms with Gasteiger partial charge in [-0.2, -0.15) is 4.98 Å². The second kappa shape index (κ2) is 5.90. The molecule has 0 N–H and O–H groups in total. The summed E-state index contributed by atoms with van der Waals surface area (Å²) in [6.45, 7) is 1.30. The number of hydrogen-bond acceptors (Lipinski definition) is 7. The Balaban J connectivity index is 1.85. The van der Waals surface area contributed by atoms with Crippen molar-refractivity contribution in [1.29, 1.82) is 0 Å². The molecule has 0 saturated carbocycles. The average molecular weight is 359 g/mol. The number of methoxy groups -OCH3 is 1. The van der Waals surface area contributed by atoms with Gasteiger partial charge in [-0.3, -0.25) is 14.2 Å². The van der Waals surface area contributed by atoms with Crippen LogP contribution in [-0.4, -0.2) is 38.3 Å². The number of aromatic nitrogens is 4. The third-order valence-corrected chi connectivity index (χ3v) is 4.53. The van der Waals surface area contributed by atoms with Crippen LogP contribution < -0.4 is 16.1 Å². The summed E-state index contributed by atoms with van der Waals surface area (Å²) in [6.07, 6.45) is 1.60. The first-order chi connectivity index (χ1) is 12.5. The lowest BCUT2D eigenvalue weighted by Gasteiger charge is -2.13. The van der Waals surface area contributed by atoms with E-state index in [0.29, 0.717) is 36.7 Å². The lowest BCUT2D eigenvalue weighted by molar-refractivity contribution is -0.141. The van der Waals surface area contributed by atoms with Gasteiger partial charge in [-0.15, -0.1) is 0 Å². The van der Waals surface area contributed by atoms with E-state index < -0.39 is 23.8 Å². The van der Waals surface area contributed by atoms with Crippen LogP contribution in [0, 0.1) is 0 Å². The minimum Gasteiger partial charge on any atom is -0.468 e. The molecule has 0 fully saturated rings. The Morgan fingerprint density at radius 1 is 1.35 bits per heavy atom. The molecule has 10 nitrogen and oxygen atoms in total. The summed E-state index contributed by atoms with van der Waals surface area (Å²) in [5, 5.41) is 0. The molecule has 136 valence electrons. The van der Waals surface area contributed by atoms with Gasteiger partial charge in [0.15, 0.2) is 11.2 Å². The summed E-state index contributed by atoms with van der Waals surface area (Å²) in [6, 6.07) is 3.67. The topological polar surface area (TPSA) is 104 Å². The molecule has 1 aliphatic rings. The maximum Gasteiger partial charge on any atom is 0.333 e. The highest BCUT2D eigenvalue weighted by Crippen LogP contribution is 2.26. The van der Waals surface area contributed by atoms with Crippen LogP contribution in [0.2, 0.25) is 0 Å². The second-order valence-electron chi connectivity index (χ2n) is 6.05. The van der Waals surface area contributed by atoms with E-state index in [1.54, 1.807) is 10.8 Å². The van der Waals surface area contributed by atoms with Crippen LogP contribution in [0.3, 0.4) is 0 Å². The van der Waals surface area contributed by atoms with E-state index in [2.05, 4.69) is 9.72 Å². The van der Waals surface area contributed by atoms with Gasteiger partial charge in [0.25, 0.3) is 5.56 Å². The fourth-order valence-electron chi connectivity index (χ4n) is 3.21. The first-order valence-corrected chi connectivity index (χ1v) is 8.05. The van der Waals surface area contributed by atoms with Crippen LogP contribution in [0.15, 0.2) is 32.4 Å². The van der Waals surface area contributed by atoms with E-state index in [1.807, 2.05) is 17.0 Å². The van der Waals surface area contributed by atoms with Crippen molar-refractivity contribution in [3.8, 4) is 0 Å². The quantitative estimate of drug-likeness (QED) is 0.588. The molecule has 0 spiro atoms. The fraction of sp³-hybridized carbons (Fsp3) is 0.375. The van der Waals surface area contributed by atoms with Crippen LogP contribution in [0.4, 0.5) is 5.95 Å². The summed E-state index contributed by atoms with van der Waals surface area (Å²) in [5.41, 5.74) is -0.567. The van der Waals surface area contributed by atoms with Crippen LogP contribution >= 0.6 is 0 Å². The first-order valence-electron chi connectivity index (χ1n) is 8.05. The molecular weight excluding hydrogens is 342 g/mol. The third-order valence-electron chi connectivity index (χ3n) is 4.53. The molecule has 0 unspecified atom stereocenters. The minimum absolute atomic E-state index is 0.292. The van der Waals surface area contributed by atoms with Crippen molar-refractivity contribution in [1.82, 2.24) is 18.7 Å². The second-order valence-corrected chi connectivity index (χ2v) is 6.05. The monoisotopic (exact) mass is 359 g/mol. The molecular formula is C16H17N5O5. The number of imidazole rings is 1. The van der Waals surface area contributed by atoms with Gasteiger partial charge in [-0.25, -0.2) is 9.36 Å². The average Bonchev–Trinajstić information content (AvgIpc) is 3.34. The molecule has 3 aromatic heterocycles.